The van der Waals surface area contributed by atoms with E-state index in [0.717, 1.165) is 32.0 Å². The predicted molar refractivity (Wildman–Crippen MR) is 66.0 cm³/mol. The highest BCUT2D eigenvalue weighted by Gasteiger charge is 2.18. The summed E-state index contributed by atoms with van der Waals surface area (Å²) in [6, 6.07) is 3.84. The Balaban J connectivity index is 1.95. The number of halogens is 1. The molecule has 98 valence electrons. The lowest BCUT2D eigenvalue weighted by atomic mass is 9.99. The van der Waals surface area contributed by atoms with Crippen LogP contribution in [0, 0.1) is 11.7 Å². The van der Waals surface area contributed by atoms with Gasteiger partial charge in [0, 0.05) is 6.54 Å². The summed E-state index contributed by atoms with van der Waals surface area (Å²) in [5, 5.41) is 15.4. The molecule has 1 aliphatic heterocycles. The maximum absolute atomic E-state index is 13.4. The molecule has 1 unspecified atom stereocenters. The van der Waals surface area contributed by atoms with Crippen molar-refractivity contribution in [1.82, 2.24) is 10.6 Å². The number of hydrogen-bond donors (Lipinski definition) is 3. The van der Waals surface area contributed by atoms with Crippen molar-refractivity contribution in [2.45, 2.75) is 12.8 Å². The summed E-state index contributed by atoms with van der Waals surface area (Å²) in [5.41, 5.74) is -0.277. The first-order valence-electron chi connectivity index (χ1n) is 6.15. The van der Waals surface area contributed by atoms with Gasteiger partial charge in [0.1, 0.15) is 17.1 Å². The summed E-state index contributed by atoms with van der Waals surface area (Å²) < 4.78 is 13.4. The van der Waals surface area contributed by atoms with Gasteiger partial charge in [-0.25, -0.2) is 4.39 Å². The molecular formula is C13H17FN2O2. The van der Waals surface area contributed by atoms with Crippen LogP contribution < -0.4 is 10.6 Å². The van der Waals surface area contributed by atoms with E-state index in [1.54, 1.807) is 0 Å². The van der Waals surface area contributed by atoms with Gasteiger partial charge in [-0.1, -0.05) is 6.07 Å². The van der Waals surface area contributed by atoms with Crippen LogP contribution in [0.1, 0.15) is 23.2 Å². The minimum absolute atomic E-state index is 0.277. The van der Waals surface area contributed by atoms with Crippen LogP contribution in [0.5, 0.6) is 5.75 Å². The quantitative estimate of drug-likeness (QED) is 0.759. The summed E-state index contributed by atoms with van der Waals surface area (Å²) in [6.07, 6.45) is 2.14. The number of nitrogens with one attached hydrogen (secondary N) is 2. The summed E-state index contributed by atoms with van der Waals surface area (Å²) >= 11 is 0. The molecule has 0 saturated carbocycles. The van der Waals surface area contributed by atoms with Crippen molar-refractivity contribution < 1.29 is 14.3 Å². The molecule has 3 N–H and O–H groups in total. The number of aromatic hydroxyl groups is 1. The molecule has 1 amide bonds. The minimum Gasteiger partial charge on any atom is -0.507 e. The molecule has 0 aliphatic carbocycles. The van der Waals surface area contributed by atoms with E-state index in [9.17, 15) is 14.3 Å². The van der Waals surface area contributed by atoms with E-state index in [1.165, 1.54) is 12.1 Å². The van der Waals surface area contributed by atoms with Crippen LogP contribution in [0.15, 0.2) is 18.2 Å². The molecule has 1 atom stereocenters. The molecule has 4 nitrogen and oxygen atoms in total. The van der Waals surface area contributed by atoms with Crippen molar-refractivity contribution in [1.29, 1.82) is 0 Å². The second-order valence-corrected chi connectivity index (χ2v) is 4.56. The van der Waals surface area contributed by atoms with Gasteiger partial charge < -0.3 is 15.7 Å². The summed E-state index contributed by atoms with van der Waals surface area (Å²) in [5.74, 6) is -1.21. The van der Waals surface area contributed by atoms with Crippen molar-refractivity contribution in [3.05, 3.63) is 29.6 Å². The molecule has 0 aromatic heterocycles. The average Bonchev–Trinajstić information content (AvgIpc) is 2.37. The van der Waals surface area contributed by atoms with E-state index < -0.39 is 11.7 Å². The molecule has 1 saturated heterocycles. The normalized spacial score (nSPS) is 19.5. The number of amides is 1. The molecule has 1 heterocycles. The standard InChI is InChI=1S/C13H17FN2O2/c14-10-4-1-5-11(17)12(10)13(18)16-8-9-3-2-6-15-7-9/h1,4-5,9,15,17H,2-3,6-8H2,(H,16,18). The highest BCUT2D eigenvalue weighted by molar-refractivity contribution is 5.97. The molecule has 2 rings (SSSR count). The Morgan fingerprint density at radius 2 is 2.39 bits per heavy atom. The minimum atomic E-state index is -0.700. The summed E-state index contributed by atoms with van der Waals surface area (Å²) in [4.78, 5) is 11.8. The Labute approximate surface area is 105 Å². The van der Waals surface area contributed by atoms with Crippen LogP contribution in [0.4, 0.5) is 4.39 Å². The van der Waals surface area contributed by atoms with Crippen molar-refractivity contribution >= 4 is 5.91 Å². The van der Waals surface area contributed by atoms with Gasteiger partial charge in [-0.05, 0) is 44.0 Å². The number of hydrogen-bond acceptors (Lipinski definition) is 3. The van der Waals surface area contributed by atoms with E-state index in [1.807, 2.05) is 0 Å². The number of carbonyl (C=O) groups is 1. The van der Waals surface area contributed by atoms with E-state index >= 15 is 0 Å². The third-order valence-corrected chi connectivity index (χ3v) is 3.17. The first-order chi connectivity index (χ1) is 8.68. The van der Waals surface area contributed by atoms with E-state index in [4.69, 9.17) is 0 Å². The Morgan fingerprint density at radius 1 is 1.56 bits per heavy atom. The predicted octanol–water partition coefficient (Wildman–Crippen LogP) is 1.26. The summed E-state index contributed by atoms with van der Waals surface area (Å²) in [7, 11) is 0. The lowest BCUT2D eigenvalue weighted by molar-refractivity contribution is 0.0938. The molecule has 1 aromatic carbocycles. The highest BCUT2D eigenvalue weighted by atomic mass is 19.1. The van der Waals surface area contributed by atoms with Crippen LogP contribution >= 0.6 is 0 Å². The Hall–Kier alpha value is -1.62. The van der Waals surface area contributed by atoms with Gasteiger partial charge in [-0.2, -0.15) is 0 Å². The maximum atomic E-state index is 13.4. The smallest absolute Gasteiger partial charge is 0.258 e. The number of carbonyl (C=O) groups excluding carboxylic acids is 1. The monoisotopic (exact) mass is 252 g/mol. The van der Waals surface area contributed by atoms with Gasteiger partial charge >= 0.3 is 0 Å². The Morgan fingerprint density at radius 3 is 3.06 bits per heavy atom. The van der Waals surface area contributed by atoms with Crippen LogP contribution in [0.3, 0.4) is 0 Å². The Bertz CT molecular complexity index is 411. The highest BCUT2D eigenvalue weighted by Crippen LogP contribution is 2.19. The van der Waals surface area contributed by atoms with Gasteiger partial charge in [0.2, 0.25) is 0 Å². The number of phenols is 1. The van der Waals surface area contributed by atoms with Crippen molar-refractivity contribution in [2.24, 2.45) is 5.92 Å². The van der Waals surface area contributed by atoms with Crippen molar-refractivity contribution in [3.8, 4) is 5.75 Å². The number of rotatable bonds is 3. The van der Waals surface area contributed by atoms with Crippen LogP contribution in [0.2, 0.25) is 0 Å². The van der Waals surface area contributed by atoms with Gasteiger partial charge in [0.15, 0.2) is 0 Å². The molecule has 5 heteroatoms. The number of benzene rings is 1. The molecule has 1 fully saturated rings. The first kappa shape index (κ1) is 12.8. The molecule has 1 aromatic rings. The summed E-state index contributed by atoms with van der Waals surface area (Å²) in [6.45, 7) is 2.38. The topological polar surface area (TPSA) is 61.4 Å². The third-order valence-electron chi connectivity index (χ3n) is 3.17. The van der Waals surface area contributed by atoms with Crippen molar-refractivity contribution in [2.75, 3.05) is 19.6 Å². The van der Waals surface area contributed by atoms with Crippen LogP contribution in [-0.2, 0) is 0 Å². The average molecular weight is 252 g/mol. The lowest BCUT2D eigenvalue weighted by Gasteiger charge is -2.22. The lowest BCUT2D eigenvalue weighted by Crippen LogP contribution is -2.38. The van der Waals surface area contributed by atoms with Gasteiger partial charge in [-0.3, -0.25) is 4.79 Å². The first-order valence-corrected chi connectivity index (χ1v) is 6.15. The fourth-order valence-electron chi connectivity index (χ4n) is 2.16. The van der Waals surface area contributed by atoms with E-state index in [2.05, 4.69) is 10.6 Å². The Kier molecular flexibility index (Phi) is 4.15. The van der Waals surface area contributed by atoms with E-state index in [-0.39, 0.29) is 11.3 Å². The van der Waals surface area contributed by atoms with Gasteiger partial charge in [-0.15, -0.1) is 0 Å². The van der Waals surface area contributed by atoms with Gasteiger partial charge in [0.05, 0.1) is 0 Å². The molecule has 0 radical (unpaired) electrons. The fourth-order valence-corrected chi connectivity index (χ4v) is 2.16. The molecule has 0 spiro atoms. The van der Waals surface area contributed by atoms with Crippen molar-refractivity contribution in [3.63, 3.8) is 0 Å². The second-order valence-electron chi connectivity index (χ2n) is 4.56. The fraction of sp³-hybridized carbons (Fsp3) is 0.462. The number of phenolic OH excluding ortho intramolecular Hbond substituents is 1. The van der Waals surface area contributed by atoms with E-state index in [0.29, 0.717) is 12.5 Å². The molecule has 0 bridgehead atoms. The third kappa shape index (κ3) is 2.98. The zero-order chi connectivity index (χ0) is 13.0. The number of piperidine rings is 1. The second kappa shape index (κ2) is 5.82. The van der Waals surface area contributed by atoms with Crippen LogP contribution in [-0.4, -0.2) is 30.6 Å². The maximum Gasteiger partial charge on any atom is 0.258 e. The zero-order valence-corrected chi connectivity index (χ0v) is 10.1. The van der Waals surface area contributed by atoms with Crippen LogP contribution in [0.25, 0.3) is 0 Å². The largest absolute Gasteiger partial charge is 0.507 e. The SMILES string of the molecule is O=C(NCC1CCCNC1)c1c(O)cccc1F. The molecular weight excluding hydrogens is 235 g/mol. The van der Waals surface area contributed by atoms with Gasteiger partial charge in [0.25, 0.3) is 5.91 Å². The molecule has 1 aliphatic rings. The zero-order valence-electron chi connectivity index (χ0n) is 10.1. The molecule has 18 heavy (non-hydrogen) atoms.